The highest BCUT2D eigenvalue weighted by molar-refractivity contribution is 5.80. The summed E-state index contributed by atoms with van der Waals surface area (Å²) in [4.78, 5) is 4.04. The van der Waals surface area contributed by atoms with Gasteiger partial charge in [-0.05, 0) is 29.8 Å². The maximum Gasteiger partial charge on any atom is 0.124 e. The number of rotatable bonds is 2. The molecule has 0 bridgehead atoms. The molecule has 3 aromatic rings. The molecule has 0 aliphatic heterocycles. The molecular formula is C13H10FN3O. The SMILES string of the molecule is OCc1cncc(-n2ncc3cc(F)ccc32)c1. The molecule has 0 fully saturated rings. The van der Waals surface area contributed by atoms with Crippen LogP contribution in [0.4, 0.5) is 4.39 Å². The first-order valence-corrected chi connectivity index (χ1v) is 5.46. The van der Waals surface area contributed by atoms with Crippen LogP contribution in [-0.4, -0.2) is 19.9 Å². The number of aromatic nitrogens is 3. The molecule has 90 valence electrons. The Morgan fingerprint density at radius 3 is 2.89 bits per heavy atom. The Labute approximate surface area is 102 Å². The van der Waals surface area contributed by atoms with Crippen molar-refractivity contribution in [3.8, 4) is 5.69 Å². The second-order valence-corrected chi connectivity index (χ2v) is 3.97. The van der Waals surface area contributed by atoms with Crippen molar-refractivity contribution < 1.29 is 9.50 Å². The number of hydrogen-bond acceptors (Lipinski definition) is 3. The molecular weight excluding hydrogens is 233 g/mol. The molecule has 0 aliphatic rings. The van der Waals surface area contributed by atoms with Crippen molar-refractivity contribution >= 4 is 10.9 Å². The molecule has 0 spiro atoms. The van der Waals surface area contributed by atoms with Crippen LogP contribution in [0.3, 0.4) is 0 Å². The topological polar surface area (TPSA) is 50.9 Å². The van der Waals surface area contributed by atoms with E-state index < -0.39 is 0 Å². The van der Waals surface area contributed by atoms with Gasteiger partial charge in [-0.15, -0.1) is 0 Å². The van der Waals surface area contributed by atoms with Gasteiger partial charge in [0.2, 0.25) is 0 Å². The Kier molecular flexibility index (Phi) is 2.53. The van der Waals surface area contributed by atoms with Crippen molar-refractivity contribution in [2.75, 3.05) is 0 Å². The Bertz CT molecular complexity index is 708. The van der Waals surface area contributed by atoms with E-state index in [1.807, 2.05) is 0 Å². The number of aliphatic hydroxyl groups excluding tert-OH is 1. The van der Waals surface area contributed by atoms with Crippen LogP contribution in [0.1, 0.15) is 5.56 Å². The number of nitrogens with zero attached hydrogens (tertiary/aromatic N) is 3. The lowest BCUT2D eigenvalue weighted by Crippen LogP contribution is -1.98. The Morgan fingerprint density at radius 2 is 2.06 bits per heavy atom. The minimum absolute atomic E-state index is 0.0747. The fourth-order valence-corrected chi connectivity index (χ4v) is 1.89. The van der Waals surface area contributed by atoms with Crippen LogP contribution < -0.4 is 0 Å². The maximum atomic E-state index is 13.1. The molecule has 0 amide bonds. The summed E-state index contributed by atoms with van der Waals surface area (Å²) in [5.74, 6) is -0.288. The van der Waals surface area contributed by atoms with Gasteiger partial charge >= 0.3 is 0 Å². The molecule has 0 unspecified atom stereocenters. The highest BCUT2D eigenvalue weighted by atomic mass is 19.1. The number of hydrogen-bond donors (Lipinski definition) is 1. The van der Waals surface area contributed by atoms with E-state index in [4.69, 9.17) is 5.11 Å². The summed E-state index contributed by atoms with van der Waals surface area (Å²) < 4.78 is 14.8. The standard InChI is InChI=1S/C13H10FN3O/c14-11-1-2-13-10(4-11)6-16-17(13)12-3-9(8-18)5-15-7-12/h1-7,18H,8H2. The third kappa shape index (κ3) is 1.74. The normalized spacial score (nSPS) is 11.0. The second-order valence-electron chi connectivity index (χ2n) is 3.97. The summed E-state index contributed by atoms with van der Waals surface area (Å²) in [7, 11) is 0. The minimum Gasteiger partial charge on any atom is -0.392 e. The molecule has 5 heteroatoms. The molecule has 0 atom stereocenters. The minimum atomic E-state index is -0.288. The number of fused-ring (bicyclic) bond motifs is 1. The van der Waals surface area contributed by atoms with Gasteiger partial charge in [0, 0.05) is 11.6 Å². The highest BCUT2D eigenvalue weighted by Crippen LogP contribution is 2.19. The first-order chi connectivity index (χ1) is 8.78. The molecule has 0 radical (unpaired) electrons. The molecule has 0 aliphatic carbocycles. The summed E-state index contributed by atoms with van der Waals surface area (Å²) in [5.41, 5.74) is 2.25. The molecule has 0 saturated carbocycles. The number of aliphatic hydroxyl groups is 1. The van der Waals surface area contributed by atoms with Crippen molar-refractivity contribution in [3.05, 3.63) is 54.2 Å². The van der Waals surface area contributed by atoms with Gasteiger partial charge in [-0.2, -0.15) is 5.10 Å². The summed E-state index contributed by atoms with van der Waals surface area (Å²) in [6.45, 7) is -0.0747. The van der Waals surface area contributed by atoms with Crippen molar-refractivity contribution in [2.45, 2.75) is 6.61 Å². The summed E-state index contributed by atoms with van der Waals surface area (Å²) in [6, 6.07) is 6.29. The zero-order valence-corrected chi connectivity index (χ0v) is 9.42. The summed E-state index contributed by atoms with van der Waals surface area (Å²) in [6.07, 6.45) is 4.84. The predicted octanol–water partition coefficient (Wildman–Crippen LogP) is 2.05. The fourth-order valence-electron chi connectivity index (χ4n) is 1.89. The van der Waals surface area contributed by atoms with Crippen LogP contribution in [0, 0.1) is 5.82 Å². The largest absolute Gasteiger partial charge is 0.392 e. The van der Waals surface area contributed by atoms with Gasteiger partial charge in [-0.25, -0.2) is 9.07 Å². The smallest absolute Gasteiger partial charge is 0.124 e. The van der Waals surface area contributed by atoms with Crippen LogP contribution in [0.2, 0.25) is 0 Å². The Hall–Kier alpha value is -2.27. The van der Waals surface area contributed by atoms with Gasteiger partial charge in [0.05, 0.1) is 30.2 Å². The van der Waals surface area contributed by atoms with E-state index in [1.165, 1.54) is 12.1 Å². The number of benzene rings is 1. The van der Waals surface area contributed by atoms with E-state index in [-0.39, 0.29) is 12.4 Å². The van der Waals surface area contributed by atoms with E-state index in [2.05, 4.69) is 10.1 Å². The van der Waals surface area contributed by atoms with Crippen molar-refractivity contribution in [2.24, 2.45) is 0 Å². The van der Waals surface area contributed by atoms with Crippen LogP contribution in [0.15, 0.2) is 42.9 Å². The van der Waals surface area contributed by atoms with Gasteiger partial charge in [-0.3, -0.25) is 4.98 Å². The summed E-state index contributed by atoms with van der Waals surface area (Å²) >= 11 is 0. The van der Waals surface area contributed by atoms with Crippen molar-refractivity contribution in [1.29, 1.82) is 0 Å². The molecule has 1 aromatic carbocycles. The van der Waals surface area contributed by atoms with Gasteiger partial charge in [0.25, 0.3) is 0 Å². The monoisotopic (exact) mass is 243 g/mol. The lowest BCUT2D eigenvalue weighted by molar-refractivity contribution is 0.281. The number of pyridine rings is 1. The van der Waals surface area contributed by atoms with Crippen molar-refractivity contribution in [3.63, 3.8) is 0 Å². The second kappa shape index (κ2) is 4.19. The van der Waals surface area contributed by atoms with Crippen LogP contribution in [-0.2, 0) is 6.61 Å². The van der Waals surface area contributed by atoms with Gasteiger partial charge in [-0.1, -0.05) is 0 Å². The molecule has 3 rings (SSSR count). The van der Waals surface area contributed by atoms with Gasteiger partial charge < -0.3 is 5.11 Å². The summed E-state index contributed by atoms with van der Waals surface area (Å²) in [5, 5.41) is 14.0. The molecule has 2 heterocycles. The number of halogens is 1. The third-order valence-corrected chi connectivity index (χ3v) is 2.74. The van der Waals surface area contributed by atoms with Gasteiger partial charge in [0.15, 0.2) is 0 Å². The maximum absolute atomic E-state index is 13.1. The van der Waals surface area contributed by atoms with Gasteiger partial charge in [0.1, 0.15) is 5.82 Å². The average molecular weight is 243 g/mol. The van der Waals surface area contributed by atoms with Crippen LogP contribution in [0.25, 0.3) is 16.6 Å². The van der Waals surface area contributed by atoms with E-state index in [1.54, 1.807) is 35.4 Å². The Morgan fingerprint density at radius 1 is 1.17 bits per heavy atom. The van der Waals surface area contributed by atoms with E-state index in [0.717, 1.165) is 16.6 Å². The lowest BCUT2D eigenvalue weighted by Gasteiger charge is -2.04. The first kappa shape index (κ1) is 10.9. The lowest BCUT2D eigenvalue weighted by atomic mass is 10.2. The van der Waals surface area contributed by atoms with Crippen molar-refractivity contribution in [1.82, 2.24) is 14.8 Å². The quantitative estimate of drug-likeness (QED) is 0.749. The molecule has 1 N–H and O–H groups in total. The van der Waals surface area contributed by atoms with E-state index >= 15 is 0 Å². The fraction of sp³-hybridized carbons (Fsp3) is 0.0769. The van der Waals surface area contributed by atoms with Crippen LogP contribution >= 0.6 is 0 Å². The molecule has 4 nitrogen and oxygen atoms in total. The van der Waals surface area contributed by atoms with E-state index in [0.29, 0.717) is 5.56 Å². The Balaban J connectivity index is 2.19. The van der Waals surface area contributed by atoms with E-state index in [9.17, 15) is 4.39 Å². The molecule has 18 heavy (non-hydrogen) atoms. The highest BCUT2D eigenvalue weighted by Gasteiger charge is 2.06. The zero-order valence-electron chi connectivity index (χ0n) is 9.42. The molecule has 0 saturated heterocycles. The third-order valence-electron chi connectivity index (χ3n) is 2.74. The average Bonchev–Trinajstić information content (AvgIpc) is 2.81. The van der Waals surface area contributed by atoms with Crippen LogP contribution in [0.5, 0.6) is 0 Å². The first-order valence-electron chi connectivity index (χ1n) is 5.46. The zero-order chi connectivity index (χ0) is 12.5. The molecule has 2 aromatic heterocycles. The predicted molar refractivity (Wildman–Crippen MR) is 64.7 cm³/mol.